The lowest BCUT2D eigenvalue weighted by molar-refractivity contribution is -0.287. The standard InChI is InChI=1S/C16H16F2N2O2S/c17-16(18)21-12-4-1-3-11(15(12)22-16)14(13-5-2-10-23-13)20-8-6-19-7-9-20/h1-5,10,14,19H,6-9H2/t14-/m0/s1. The molecule has 23 heavy (non-hydrogen) atoms. The van der Waals surface area contributed by atoms with Crippen molar-refractivity contribution in [2.75, 3.05) is 26.2 Å². The summed E-state index contributed by atoms with van der Waals surface area (Å²) in [5.41, 5.74) is 0.726. The summed E-state index contributed by atoms with van der Waals surface area (Å²) in [5.74, 6) is 0.249. The normalized spacial score (nSPS) is 21.3. The maximum absolute atomic E-state index is 13.5. The predicted molar refractivity (Wildman–Crippen MR) is 83.2 cm³/mol. The fraction of sp³-hybridized carbons (Fsp3) is 0.375. The van der Waals surface area contributed by atoms with Crippen LogP contribution in [-0.2, 0) is 0 Å². The molecule has 0 spiro atoms. The minimum Gasteiger partial charge on any atom is -0.395 e. The summed E-state index contributed by atoms with van der Waals surface area (Å²) in [6.45, 7) is 3.46. The fourth-order valence-corrected chi connectivity index (χ4v) is 4.00. The van der Waals surface area contributed by atoms with E-state index >= 15 is 0 Å². The van der Waals surface area contributed by atoms with Crippen molar-refractivity contribution in [1.82, 2.24) is 10.2 Å². The van der Waals surface area contributed by atoms with E-state index in [-0.39, 0.29) is 17.5 Å². The minimum atomic E-state index is -3.60. The molecule has 1 fully saturated rings. The molecule has 0 bridgehead atoms. The summed E-state index contributed by atoms with van der Waals surface area (Å²) in [6.07, 6.45) is -3.60. The van der Waals surface area contributed by atoms with Gasteiger partial charge in [-0.05, 0) is 17.5 Å². The number of nitrogens with zero attached hydrogens (tertiary/aromatic N) is 1. The van der Waals surface area contributed by atoms with Gasteiger partial charge < -0.3 is 14.8 Å². The van der Waals surface area contributed by atoms with Crippen LogP contribution in [0.15, 0.2) is 35.7 Å². The molecule has 0 radical (unpaired) electrons. The Labute approximate surface area is 136 Å². The van der Waals surface area contributed by atoms with Crippen LogP contribution in [0.2, 0.25) is 0 Å². The zero-order valence-electron chi connectivity index (χ0n) is 12.3. The molecule has 0 amide bonds. The van der Waals surface area contributed by atoms with Gasteiger partial charge in [-0.15, -0.1) is 20.1 Å². The molecular weight excluding hydrogens is 322 g/mol. The van der Waals surface area contributed by atoms with E-state index in [0.29, 0.717) is 0 Å². The lowest BCUT2D eigenvalue weighted by atomic mass is 10.0. The number of para-hydroxylation sites is 1. The van der Waals surface area contributed by atoms with Gasteiger partial charge in [-0.25, -0.2) is 0 Å². The molecule has 7 heteroatoms. The maximum atomic E-state index is 13.5. The van der Waals surface area contributed by atoms with Crippen molar-refractivity contribution >= 4 is 11.3 Å². The van der Waals surface area contributed by atoms with Crippen molar-refractivity contribution < 1.29 is 18.3 Å². The van der Waals surface area contributed by atoms with Gasteiger partial charge in [0.2, 0.25) is 0 Å². The van der Waals surface area contributed by atoms with Crippen LogP contribution < -0.4 is 14.8 Å². The molecule has 122 valence electrons. The molecule has 2 aliphatic heterocycles. The van der Waals surface area contributed by atoms with E-state index < -0.39 is 6.29 Å². The van der Waals surface area contributed by atoms with E-state index in [2.05, 4.69) is 15.0 Å². The van der Waals surface area contributed by atoms with E-state index in [1.165, 1.54) is 6.07 Å². The average molecular weight is 338 g/mol. The van der Waals surface area contributed by atoms with Crippen LogP contribution in [0.25, 0.3) is 0 Å². The quantitative estimate of drug-likeness (QED) is 0.933. The topological polar surface area (TPSA) is 33.7 Å². The Balaban J connectivity index is 1.78. The van der Waals surface area contributed by atoms with Crippen LogP contribution in [-0.4, -0.2) is 37.4 Å². The number of nitrogens with one attached hydrogen (secondary N) is 1. The summed E-state index contributed by atoms with van der Waals surface area (Å²) in [5, 5.41) is 5.32. The highest BCUT2D eigenvalue weighted by atomic mass is 32.1. The fourth-order valence-electron chi connectivity index (χ4n) is 3.12. The molecular formula is C16H16F2N2O2S. The zero-order chi connectivity index (χ0) is 15.9. The third-order valence-corrected chi connectivity index (χ3v) is 5.01. The van der Waals surface area contributed by atoms with Gasteiger partial charge in [-0.2, -0.15) is 0 Å². The number of rotatable bonds is 3. The Kier molecular flexibility index (Phi) is 3.71. The van der Waals surface area contributed by atoms with Crippen LogP contribution in [0.5, 0.6) is 11.5 Å². The Morgan fingerprint density at radius 3 is 2.70 bits per heavy atom. The second-order valence-electron chi connectivity index (χ2n) is 5.55. The minimum absolute atomic E-state index is 0.101. The highest BCUT2D eigenvalue weighted by Crippen LogP contribution is 2.48. The molecule has 1 saturated heterocycles. The van der Waals surface area contributed by atoms with Gasteiger partial charge in [0.1, 0.15) is 0 Å². The number of hydrogen-bond donors (Lipinski definition) is 1. The van der Waals surface area contributed by atoms with Crippen LogP contribution in [0.4, 0.5) is 8.78 Å². The highest BCUT2D eigenvalue weighted by molar-refractivity contribution is 7.10. The van der Waals surface area contributed by atoms with Crippen molar-refractivity contribution in [3.63, 3.8) is 0 Å². The van der Waals surface area contributed by atoms with Crippen LogP contribution in [0.1, 0.15) is 16.5 Å². The average Bonchev–Trinajstić information content (AvgIpc) is 3.15. The second kappa shape index (κ2) is 5.74. The number of benzene rings is 1. The Bertz CT molecular complexity index is 687. The van der Waals surface area contributed by atoms with Gasteiger partial charge in [0.05, 0.1) is 6.04 Å². The van der Waals surface area contributed by atoms with Crippen molar-refractivity contribution in [2.24, 2.45) is 0 Å². The number of alkyl halides is 2. The summed E-state index contributed by atoms with van der Waals surface area (Å²) >= 11 is 1.62. The van der Waals surface area contributed by atoms with Gasteiger partial charge in [0.25, 0.3) is 0 Å². The molecule has 2 aliphatic rings. The molecule has 1 N–H and O–H groups in total. The number of ether oxygens (including phenoxy) is 2. The Morgan fingerprint density at radius 1 is 1.13 bits per heavy atom. The first-order chi connectivity index (χ1) is 11.1. The first-order valence-corrected chi connectivity index (χ1v) is 8.39. The Morgan fingerprint density at radius 2 is 1.96 bits per heavy atom. The predicted octanol–water partition coefficient (Wildman–Crippen LogP) is 3.06. The van der Waals surface area contributed by atoms with Crippen LogP contribution >= 0.6 is 11.3 Å². The van der Waals surface area contributed by atoms with E-state index in [4.69, 9.17) is 4.74 Å². The molecule has 4 nitrogen and oxygen atoms in total. The summed E-state index contributed by atoms with van der Waals surface area (Å²) in [7, 11) is 0. The molecule has 0 unspecified atom stereocenters. The molecule has 0 aliphatic carbocycles. The zero-order valence-corrected chi connectivity index (χ0v) is 13.1. The number of piperazine rings is 1. The van der Waals surface area contributed by atoms with Crippen molar-refractivity contribution in [2.45, 2.75) is 12.3 Å². The SMILES string of the molecule is FC1(F)Oc2cccc([C@@H](c3cccs3)N3CCNCC3)c2O1. The number of thiophene rings is 1. The third-order valence-electron chi connectivity index (χ3n) is 4.08. The molecule has 1 atom stereocenters. The molecule has 3 heterocycles. The van der Waals surface area contributed by atoms with Crippen LogP contribution in [0.3, 0.4) is 0 Å². The number of hydrogen-bond acceptors (Lipinski definition) is 5. The third kappa shape index (κ3) is 2.80. The molecule has 0 saturated carbocycles. The first-order valence-electron chi connectivity index (χ1n) is 7.51. The van der Waals surface area contributed by atoms with E-state index in [1.807, 2.05) is 23.6 Å². The number of halogens is 2. The number of fused-ring (bicyclic) bond motifs is 1. The highest BCUT2D eigenvalue weighted by Gasteiger charge is 2.45. The van der Waals surface area contributed by atoms with Crippen molar-refractivity contribution in [1.29, 1.82) is 0 Å². The first kappa shape index (κ1) is 14.9. The monoisotopic (exact) mass is 338 g/mol. The maximum Gasteiger partial charge on any atom is 0.586 e. The van der Waals surface area contributed by atoms with Gasteiger partial charge in [0, 0.05) is 36.6 Å². The molecule has 1 aromatic heterocycles. The van der Waals surface area contributed by atoms with Gasteiger partial charge in [-0.3, -0.25) is 4.90 Å². The van der Waals surface area contributed by atoms with E-state index in [1.54, 1.807) is 17.4 Å². The Hall–Kier alpha value is -1.70. The van der Waals surface area contributed by atoms with Gasteiger partial charge in [0.15, 0.2) is 11.5 Å². The summed E-state index contributed by atoms with van der Waals surface area (Å²) in [4.78, 5) is 3.40. The van der Waals surface area contributed by atoms with E-state index in [0.717, 1.165) is 36.6 Å². The van der Waals surface area contributed by atoms with Crippen molar-refractivity contribution in [3.05, 3.63) is 46.2 Å². The van der Waals surface area contributed by atoms with Crippen molar-refractivity contribution in [3.8, 4) is 11.5 Å². The second-order valence-corrected chi connectivity index (χ2v) is 6.53. The molecule has 2 aromatic rings. The summed E-state index contributed by atoms with van der Waals surface area (Å²) in [6, 6.07) is 9.00. The van der Waals surface area contributed by atoms with Gasteiger partial charge >= 0.3 is 6.29 Å². The lowest BCUT2D eigenvalue weighted by Gasteiger charge is -2.35. The van der Waals surface area contributed by atoms with Gasteiger partial charge in [-0.1, -0.05) is 18.2 Å². The smallest absolute Gasteiger partial charge is 0.395 e. The largest absolute Gasteiger partial charge is 0.586 e. The molecule has 1 aromatic carbocycles. The van der Waals surface area contributed by atoms with Crippen LogP contribution in [0, 0.1) is 0 Å². The van der Waals surface area contributed by atoms with E-state index in [9.17, 15) is 8.78 Å². The summed E-state index contributed by atoms with van der Waals surface area (Å²) < 4.78 is 36.4. The lowest BCUT2D eigenvalue weighted by Crippen LogP contribution is -2.45. The molecule has 4 rings (SSSR count).